The van der Waals surface area contributed by atoms with Crippen LogP contribution in [-0.4, -0.2) is 16.3 Å². The minimum atomic E-state index is -0.755. The van der Waals surface area contributed by atoms with Crippen molar-refractivity contribution in [3.05, 3.63) is 40.0 Å². The standard InChI is InChI=1S/C9H7NO4/c1-2-6-3-7(5-11)9(12)8(4-6)10(13)14/h2-5,12H,1H2. The normalized spacial score (nSPS) is 9.43. The molecule has 1 aromatic carbocycles. The lowest BCUT2D eigenvalue weighted by atomic mass is 10.1. The summed E-state index contributed by atoms with van der Waals surface area (Å²) in [6, 6.07) is 2.47. The highest BCUT2D eigenvalue weighted by atomic mass is 16.6. The van der Waals surface area contributed by atoms with Gasteiger partial charge in [-0.1, -0.05) is 12.7 Å². The number of phenols is 1. The van der Waals surface area contributed by atoms with Crippen LogP contribution in [0.1, 0.15) is 15.9 Å². The summed E-state index contributed by atoms with van der Waals surface area (Å²) in [4.78, 5) is 20.2. The number of nitrogens with zero attached hydrogens (tertiary/aromatic N) is 1. The Morgan fingerprint density at radius 2 is 2.14 bits per heavy atom. The van der Waals surface area contributed by atoms with Gasteiger partial charge in [0.25, 0.3) is 0 Å². The van der Waals surface area contributed by atoms with Crippen molar-refractivity contribution in [2.45, 2.75) is 0 Å². The van der Waals surface area contributed by atoms with Crippen LogP contribution in [0, 0.1) is 10.1 Å². The number of aromatic hydroxyl groups is 1. The SMILES string of the molecule is C=Cc1cc(C=O)c(O)c([N+](=O)[O-])c1. The second-order valence-electron chi connectivity index (χ2n) is 2.56. The molecule has 0 radical (unpaired) electrons. The summed E-state index contributed by atoms with van der Waals surface area (Å²) in [7, 11) is 0. The largest absolute Gasteiger partial charge is 0.502 e. The summed E-state index contributed by atoms with van der Waals surface area (Å²) in [6.07, 6.45) is 1.72. The first-order valence-electron chi connectivity index (χ1n) is 3.69. The predicted octanol–water partition coefficient (Wildman–Crippen LogP) is 1.76. The predicted molar refractivity (Wildman–Crippen MR) is 50.2 cm³/mol. The first-order valence-corrected chi connectivity index (χ1v) is 3.69. The molecular formula is C9H7NO4. The Bertz CT molecular complexity index is 412. The fraction of sp³-hybridized carbons (Fsp3) is 0. The average Bonchev–Trinajstić information content (AvgIpc) is 2.17. The van der Waals surface area contributed by atoms with Crippen LogP contribution in [0.5, 0.6) is 5.75 Å². The van der Waals surface area contributed by atoms with Crippen molar-refractivity contribution in [3.63, 3.8) is 0 Å². The van der Waals surface area contributed by atoms with Crippen LogP contribution < -0.4 is 0 Å². The number of hydrogen-bond acceptors (Lipinski definition) is 4. The molecule has 0 saturated heterocycles. The van der Waals surface area contributed by atoms with Crippen molar-refractivity contribution in [1.29, 1.82) is 0 Å². The van der Waals surface area contributed by atoms with E-state index in [-0.39, 0.29) is 5.56 Å². The monoisotopic (exact) mass is 193 g/mol. The molecule has 5 nitrogen and oxygen atoms in total. The van der Waals surface area contributed by atoms with Crippen molar-refractivity contribution in [2.75, 3.05) is 0 Å². The zero-order valence-corrected chi connectivity index (χ0v) is 7.14. The number of carbonyl (C=O) groups excluding carboxylic acids is 1. The molecule has 0 unspecified atom stereocenters. The quantitative estimate of drug-likeness (QED) is 0.450. The van der Waals surface area contributed by atoms with E-state index in [1.807, 2.05) is 0 Å². The van der Waals surface area contributed by atoms with Gasteiger partial charge in [-0.2, -0.15) is 0 Å². The number of carbonyl (C=O) groups is 1. The van der Waals surface area contributed by atoms with Crippen molar-refractivity contribution in [3.8, 4) is 5.75 Å². The van der Waals surface area contributed by atoms with Crippen LogP contribution in [0.2, 0.25) is 0 Å². The molecule has 0 atom stereocenters. The van der Waals surface area contributed by atoms with Crippen LogP contribution in [0.25, 0.3) is 6.08 Å². The number of hydrogen-bond donors (Lipinski definition) is 1. The van der Waals surface area contributed by atoms with E-state index in [9.17, 15) is 20.0 Å². The Morgan fingerprint density at radius 3 is 2.57 bits per heavy atom. The van der Waals surface area contributed by atoms with Gasteiger partial charge >= 0.3 is 5.69 Å². The summed E-state index contributed by atoms with van der Waals surface area (Å²) in [5, 5.41) is 19.7. The molecule has 0 bridgehead atoms. The van der Waals surface area contributed by atoms with Crippen molar-refractivity contribution >= 4 is 18.0 Å². The molecule has 0 spiro atoms. The van der Waals surface area contributed by atoms with Crippen molar-refractivity contribution in [2.24, 2.45) is 0 Å². The van der Waals surface area contributed by atoms with Crippen LogP contribution in [0.4, 0.5) is 5.69 Å². The Balaban J connectivity index is 3.49. The third kappa shape index (κ3) is 1.61. The van der Waals surface area contributed by atoms with Crippen LogP contribution in [0.15, 0.2) is 18.7 Å². The third-order valence-electron chi connectivity index (χ3n) is 1.70. The molecule has 1 rings (SSSR count). The van der Waals surface area contributed by atoms with Gasteiger partial charge in [0.15, 0.2) is 6.29 Å². The van der Waals surface area contributed by atoms with Gasteiger partial charge in [-0.15, -0.1) is 0 Å². The van der Waals surface area contributed by atoms with E-state index in [2.05, 4.69) is 6.58 Å². The van der Waals surface area contributed by atoms with Gasteiger partial charge in [-0.3, -0.25) is 14.9 Å². The molecule has 0 aliphatic rings. The van der Waals surface area contributed by atoms with E-state index >= 15 is 0 Å². The Hall–Kier alpha value is -2.17. The molecule has 14 heavy (non-hydrogen) atoms. The maximum Gasteiger partial charge on any atom is 0.312 e. The van der Waals surface area contributed by atoms with E-state index in [4.69, 9.17) is 0 Å². The van der Waals surface area contributed by atoms with E-state index in [0.717, 1.165) is 6.07 Å². The molecule has 0 aliphatic carbocycles. The summed E-state index contributed by atoms with van der Waals surface area (Å²) < 4.78 is 0. The van der Waals surface area contributed by atoms with Crippen LogP contribution in [0.3, 0.4) is 0 Å². The molecular weight excluding hydrogens is 186 g/mol. The van der Waals surface area contributed by atoms with Crippen molar-refractivity contribution < 1.29 is 14.8 Å². The average molecular weight is 193 g/mol. The molecule has 1 N–H and O–H groups in total. The minimum absolute atomic E-state index is 0.117. The highest BCUT2D eigenvalue weighted by molar-refractivity contribution is 5.83. The maximum absolute atomic E-state index is 10.5. The summed E-state index contributed by atoms with van der Waals surface area (Å²) in [6.45, 7) is 3.42. The third-order valence-corrected chi connectivity index (χ3v) is 1.70. The molecule has 0 aliphatic heterocycles. The maximum atomic E-state index is 10.5. The number of benzene rings is 1. The summed E-state index contributed by atoms with van der Waals surface area (Å²) in [5.74, 6) is -0.615. The molecule has 5 heteroatoms. The van der Waals surface area contributed by atoms with Gasteiger partial charge in [0.05, 0.1) is 10.5 Å². The van der Waals surface area contributed by atoms with Gasteiger partial charge in [-0.25, -0.2) is 0 Å². The lowest BCUT2D eigenvalue weighted by Crippen LogP contribution is -1.93. The van der Waals surface area contributed by atoms with Gasteiger partial charge in [0.1, 0.15) is 0 Å². The van der Waals surface area contributed by atoms with Gasteiger partial charge in [0.2, 0.25) is 5.75 Å². The Morgan fingerprint density at radius 1 is 1.50 bits per heavy atom. The molecule has 1 aromatic rings. The summed E-state index contributed by atoms with van der Waals surface area (Å²) >= 11 is 0. The molecule has 0 heterocycles. The second-order valence-corrected chi connectivity index (χ2v) is 2.56. The van der Waals surface area contributed by atoms with E-state index in [1.54, 1.807) is 0 Å². The second kappa shape index (κ2) is 3.69. The Kier molecular flexibility index (Phi) is 2.62. The lowest BCUT2D eigenvalue weighted by Gasteiger charge is -2.00. The number of nitro benzene ring substituents is 1. The molecule has 72 valence electrons. The number of nitro groups is 1. The van der Waals surface area contributed by atoms with Gasteiger partial charge in [-0.05, 0) is 11.6 Å². The molecule has 0 amide bonds. The number of aldehydes is 1. The molecule has 0 saturated carbocycles. The smallest absolute Gasteiger partial charge is 0.312 e. The highest BCUT2D eigenvalue weighted by Gasteiger charge is 2.17. The van der Waals surface area contributed by atoms with E-state index in [1.165, 1.54) is 12.1 Å². The van der Waals surface area contributed by atoms with Gasteiger partial charge < -0.3 is 5.11 Å². The summed E-state index contributed by atoms with van der Waals surface area (Å²) in [5.41, 5.74) is -0.199. The zero-order valence-electron chi connectivity index (χ0n) is 7.14. The van der Waals surface area contributed by atoms with Gasteiger partial charge in [0, 0.05) is 6.07 Å². The first kappa shape index (κ1) is 9.91. The van der Waals surface area contributed by atoms with E-state index < -0.39 is 16.4 Å². The Labute approximate surface area is 79.4 Å². The van der Waals surface area contributed by atoms with Crippen LogP contribution >= 0.6 is 0 Å². The first-order chi connectivity index (χ1) is 6.60. The fourth-order valence-electron chi connectivity index (χ4n) is 1.01. The topological polar surface area (TPSA) is 80.4 Å². The fourth-order valence-corrected chi connectivity index (χ4v) is 1.01. The zero-order chi connectivity index (χ0) is 10.7. The van der Waals surface area contributed by atoms with Crippen LogP contribution in [-0.2, 0) is 0 Å². The molecule has 0 aromatic heterocycles. The number of rotatable bonds is 3. The lowest BCUT2D eigenvalue weighted by molar-refractivity contribution is -0.385. The molecule has 0 fully saturated rings. The number of phenolic OH excluding ortho intramolecular Hbond substituents is 1. The van der Waals surface area contributed by atoms with Crippen molar-refractivity contribution in [1.82, 2.24) is 0 Å². The minimum Gasteiger partial charge on any atom is -0.502 e. The van der Waals surface area contributed by atoms with E-state index in [0.29, 0.717) is 11.8 Å². The highest BCUT2D eigenvalue weighted by Crippen LogP contribution is 2.30.